The number of nitrogens with one attached hydrogen (secondary N) is 1. The first-order valence-corrected chi connectivity index (χ1v) is 18.9. The number of hydrogen-bond donors (Lipinski definition) is 1. The highest BCUT2D eigenvalue weighted by atomic mass is 32.2. The van der Waals surface area contributed by atoms with Crippen LogP contribution in [0.5, 0.6) is 5.75 Å². The topological polar surface area (TPSA) is 71.5 Å². The molecule has 1 N–H and O–H groups in total. The van der Waals surface area contributed by atoms with Gasteiger partial charge in [-0.1, -0.05) is 24.3 Å². The summed E-state index contributed by atoms with van der Waals surface area (Å²) < 4.78 is 5.49. The predicted octanol–water partition coefficient (Wildman–Crippen LogP) is 8.35. The molecule has 45 heavy (non-hydrogen) atoms. The van der Waals surface area contributed by atoms with Gasteiger partial charge in [-0.05, 0) is 124 Å². The van der Waals surface area contributed by atoms with Crippen molar-refractivity contribution in [3.8, 4) is 16.2 Å². The zero-order chi connectivity index (χ0) is 31.3. The minimum Gasteiger partial charge on any atom is -0.496 e. The predicted molar refractivity (Wildman–Crippen MR) is 187 cm³/mol. The Hall–Kier alpha value is -2.84. The first-order chi connectivity index (χ1) is 21.9. The van der Waals surface area contributed by atoms with Crippen molar-refractivity contribution in [3.63, 3.8) is 0 Å². The Morgan fingerprint density at radius 2 is 1.73 bits per heavy atom. The van der Waals surface area contributed by atoms with Crippen LogP contribution in [-0.2, 0) is 9.59 Å². The van der Waals surface area contributed by atoms with E-state index in [1.54, 1.807) is 30.2 Å². The van der Waals surface area contributed by atoms with Crippen molar-refractivity contribution in [1.82, 2.24) is 10.3 Å². The summed E-state index contributed by atoms with van der Waals surface area (Å²) in [4.78, 5) is 34.5. The van der Waals surface area contributed by atoms with Crippen LogP contribution < -0.4 is 15.0 Å². The molecule has 2 amide bonds. The van der Waals surface area contributed by atoms with E-state index in [-0.39, 0.29) is 23.8 Å². The highest BCUT2D eigenvalue weighted by Gasteiger charge is 2.33. The van der Waals surface area contributed by atoms with Gasteiger partial charge >= 0.3 is 0 Å². The van der Waals surface area contributed by atoms with Crippen LogP contribution in [0.4, 0.5) is 5.69 Å². The summed E-state index contributed by atoms with van der Waals surface area (Å²) in [5, 5.41) is 4.42. The molecule has 0 atom stereocenters. The highest BCUT2D eigenvalue weighted by molar-refractivity contribution is 7.99. The lowest BCUT2D eigenvalue weighted by atomic mass is 9.78. The van der Waals surface area contributed by atoms with E-state index < -0.39 is 0 Å². The lowest BCUT2D eigenvalue weighted by Crippen LogP contribution is -2.44. The van der Waals surface area contributed by atoms with Crippen molar-refractivity contribution in [2.24, 2.45) is 11.8 Å². The second-order valence-electron chi connectivity index (χ2n) is 13.3. The Morgan fingerprint density at radius 3 is 2.42 bits per heavy atom. The van der Waals surface area contributed by atoms with E-state index in [0.717, 1.165) is 74.9 Å². The van der Waals surface area contributed by atoms with Gasteiger partial charge in [0.25, 0.3) is 0 Å². The molecular weight excluding hydrogens is 599 g/mol. The van der Waals surface area contributed by atoms with Crippen LogP contribution in [0.15, 0.2) is 48.7 Å². The van der Waals surface area contributed by atoms with Crippen LogP contribution in [-0.4, -0.2) is 48.5 Å². The number of nitrogens with zero attached hydrogens (tertiary/aromatic N) is 2. The van der Waals surface area contributed by atoms with Crippen LogP contribution in [0, 0.1) is 18.8 Å². The summed E-state index contributed by atoms with van der Waals surface area (Å²) in [5.41, 5.74) is 4.75. The molecule has 3 aromatic rings. The number of carbonyl (C=O) groups is 2. The number of methoxy groups -OCH3 is 1. The number of thioether (sulfide) groups is 1. The standard InChI is InChI=1S/C37H47N3O3S2/c1-24-19-29(15-18-33(24)43-2)26-9-7-25(8-10-26)22-40(37(42)28-13-16-31(17-14-28)39-35(41)23-44-3)32-6-4-5-30(20-32)34-21-38-36(45-34)27-11-12-27/h4-6,15,18-21,25-28,31H,7-14,16-17,22-23H2,1-3H3,(H,39,41)/t25-,26-,28-,31-. The molecule has 1 heterocycles. The summed E-state index contributed by atoms with van der Waals surface area (Å²) in [5.74, 6) is 3.45. The Kier molecular flexibility index (Phi) is 10.5. The van der Waals surface area contributed by atoms with Crippen molar-refractivity contribution in [2.75, 3.05) is 30.6 Å². The third-order valence-corrected chi connectivity index (χ3v) is 11.8. The smallest absolute Gasteiger partial charge is 0.230 e. The van der Waals surface area contributed by atoms with E-state index in [9.17, 15) is 9.59 Å². The van der Waals surface area contributed by atoms with Crippen molar-refractivity contribution in [3.05, 3.63) is 64.8 Å². The van der Waals surface area contributed by atoms with Gasteiger partial charge in [-0.25, -0.2) is 4.98 Å². The fourth-order valence-corrected chi connectivity index (χ4v) is 8.72. The quantitative estimate of drug-likeness (QED) is 0.227. The summed E-state index contributed by atoms with van der Waals surface area (Å²) in [6.07, 6.45) is 14.4. The number of carbonyl (C=O) groups excluding carboxylic acids is 2. The molecule has 0 spiro atoms. The van der Waals surface area contributed by atoms with E-state index in [0.29, 0.717) is 23.5 Å². The number of rotatable bonds is 11. The van der Waals surface area contributed by atoms with Gasteiger partial charge in [0.05, 0.1) is 22.7 Å². The molecule has 0 bridgehead atoms. The highest BCUT2D eigenvalue weighted by Crippen LogP contribution is 2.44. The number of hydrogen-bond acceptors (Lipinski definition) is 6. The van der Waals surface area contributed by atoms with Crippen LogP contribution >= 0.6 is 23.1 Å². The summed E-state index contributed by atoms with van der Waals surface area (Å²) in [6.45, 7) is 2.88. The SMILES string of the molecule is COc1ccc([C@H]2CC[C@H](CN(c3cccc(-c4cnc(C5CC5)s4)c3)C(=O)[C@H]3CC[C@H](NC(=O)CSC)CC3)CC2)cc1C. The molecule has 6 rings (SSSR count). The largest absolute Gasteiger partial charge is 0.496 e. The van der Waals surface area contributed by atoms with Crippen LogP contribution in [0.1, 0.15) is 92.2 Å². The second kappa shape index (κ2) is 14.7. The van der Waals surface area contributed by atoms with Gasteiger partial charge in [0.15, 0.2) is 0 Å². The average molecular weight is 646 g/mol. The number of benzene rings is 2. The molecule has 1 aromatic heterocycles. The van der Waals surface area contributed by atoms with Crippen molar-refractivity contribution >= 4 is 40.6 Å². The lowest BCUT2D eigenvalue weighted by Gasteiger charge is -2.36. The van der Waals surface area contributed by atoms with Gasteiger partial charge in [0.2, 0.25) is 11.8 Å². The van der Waals surface area contributed by atoms with E-state index in [1.165, 1.54) is 33.9 Å². The monoisotopic (exact) mass is 645 g/mol. The minimum atomic E-state index is -0.00848. The first-order valence-electron chi connectivity index (χ1n) is 16.7. The zero-order valence-corrected chi connectivity index (χ0v) is 28.6. The fourth-order valence-electron chi connectivity index (χ4n) is 7.29. The number of anilines is 1. The third kappa shape index (κ3) is 7.94. The molecule has 3 fully saturated rings. The Bertz CT molecular complexity index is 1470. The molecule has 2 aromatic carbocycles. The van der Waals surface area contributed by atoms with Crippen LogP contribution in [0.2, 0.25) is 0 Å². The number of aromatic nitrogens is 1. The van der Waals surface area contributed by atoms with Crippen molar-refractivity contribution in [1.29, 1.82) is 0 Å². The van der Waals surface area contributed by atoms with Crippen molar-refractivity contribution < 1.29 is 14.3 Å². The maximum Gasteiger partial charge on any atom is 0.230 e. The first kappa shape index (κ1) is 32.1. The maximum absolute atomic E-state index is 14.4. The van der Waals surface area contributed by atoms with E-state index in [2.05, 4.69) is 59.6 Å². The molecular formula is C37H47N3O3S2. The van der Waals surface area contributed by atoms with Gasteiger partial charge in [-0.15, -0.1) is 11.3 Å². The molecule has 6 nitrogen and oxygen atoms in total. The molecule has 8 heteroatoms. The molecule has 3 aliphatic carbocycles. The van der Waals surface area contributed by atoms with E-state index in [4.69, 9.17) is 9.72 Å². The number of aryl methyl sites for hydroxylation is 1. The number of ether oxygens (including phenoxy) is 1. The normalized spacial score (nSPS) is 23.4. The molecule has 240 valence electrons. The Morgan fingerprint density at radius 1 is 0.978 bits per heavy atom. The summed E-state index contributed by atoms with van der Waals surface area (Å²) in [7, 11) is 1.73. The van der Waals surface area contributed by atoms with Crippen LogP contribution in [0.3, 0.4) is 0 Å². The number of amides is 2. The number of thiazole rings is 1. The average Bonchev–Trinajstić information content (AvgIpc) is 3.80. The molecule has 3 aliphatic rings. The zero-order valence-electron chi connectivity index (χ0n) is 26.9. The van der Waals surface area contributed by atoms with Gasteiger partial charge in [-0.2, -0.15) is 11.8 Å². The fraction of sp³-hybridized carbons (Fsp3) is 0.541. The van der Waals surface area contributed by atoms with Gasteiger partial charge < -0.3 is 15.0 Å². The lowest BCUT2D eigenvalue weighted by molar-refractivity contribution is -0.123. The Balaban J connectivity index is 1.16. The molecule has 0 aliphatic heterocycles. The molecule has 0 radical (unpaired) electrons. The maximum atomic E-state index is 14.4. The molecule has 3 saturated carbocycles. The summed E-state index contributed by atoms with van der Waals surface area (Å²) >= 11 is 3.35. The van der Waals surface area contributed by atoms with Gasteiger partial charge in [0.1, 0.15) is 5.75 Å². The Labute approximate surface area is 276 Å². The van der Waals surface area contributed by atoms with Gasteiger partial charge in [0, 0.05) is 36.3 Å². The third-order valence-electron chi connectivity index (χ3n) is 10.1. The van der Waals surface area contributed by atoms with Crippen LogP contribution in [0.25, 0.3) is 10.4 Å². The van der Waals surface area contributed by atoms with E-state index in [1.807, 2.05) is 12.5 Å². The van der Waals surface area contributed by atoms with Gasteiger partial charge in [-0.3, -0.25) is 9.59 Å². The summed E-state index contributed by atoms with van der Waals surface area (Å²) in [6, 6.07) is 15.4. The van der Waals surface area contributed by atoms with E-state index >= 15 is 0 Å². The molecule has 0 unspecified atom stereocenters. The second-order valence-corrected chi connectivity index (χ2v) is 15.3. The minimum absolute atomic E-state index is 0.00848. The molecule has 0 saturated heterocycles. The van der Waals surface area contributed by atoms with Crippen molar-refractivity contribution in [2.45, 2.75) is 89.0 Å².